The number of nitrogens with one attached hydrogen (secondary N) is 1. The van der Waals surface area contributed by atoms with Gasteiger partial charge < -0.3 is 21.9 Å². The SMILES string of the molecule is CCc1cc(O)ccc1/N=C(\N)c1cnn2cc(C3CCCCC3)cc2c1N[C@@H]1CC[C@H](N)C1. The lowest BCUT2D eigenvalue weighted by atomic mass is 9.85. The standard InChI is InChI=1S/C27H36N6O/c1-2-17-12-22(34)10-11-24(17)32-27(29)23-15-30-33-16-19(18-6-4-3-5-7-18)13-25(33)26(23)31-21-9-8-20(28)14-21/h10-13,15-16,18,20-21,31,34H,2-9,14,28H2,1H3,(H2,29,32)/t20-,21+/m0/s1. The Balaban J connectivity index is 1.57. The highest BCUT2D eigenvalue weighted by molar-refractivity contribution is 6.06. The molecule has 0 unspecified atom stereocenters. The van der Waals surface area contributed by atoms with Crippen LogP contribution in [0.4, 0.5) is 11.4 Å². The largest absolute Gasteiger partial charge is 0.508 e. The van der Waals surface area contributed by atoms with Gasteiger partial charge in [0.05, 0.1) is 28.7 Å². The van der Waals surface area contributed by atoms with Crippen molar-refractivity contribution in [3.8, 4) is 5.75 Å². The zero-order chi connectivity index (χ0) is 23.7. The molecule has 0 amide bonds. The molecular weight excluding hydrogens is 424 g/mol. The number of hydrogen-bond donors (Lipinski definition) is 4. The van der Waals surface area contributed by atoms with Crippen LogP contribution in [0.3, 0.4) is 0 Å². The maximum absolute atomic E-state index is 9.86. The number of aliphatic imine (C=N–C) groups is 1. The van der Waals surface area contributed by atoms with E-state index in [9.17, 15) is 5.11 Å². The second kappa shape index (κ2) is 9.66. The Hall–Kier alpha value is -3.06. The Kier molecular flexibility index (Phi) is 6.46. The van der Waals surface area contributed by atoms with Crippen molar-refractivity contribution in [2.24, 2.45) is 16.5 Å². The van der Waals surface area contributed by atoms with Gasteiger partial charge in [-0.2, -0.15) is 5.10 Å². The Morgan fingerprint density at radius 1 is 1.18 bits per heavy atom. The smallest absolute Gasteiger partial charge is 0.135 e. The number of aromatic nitrogens is 2. The lowest BCUT2D eigenvalue weighted by molar-refractivity contribution is 0.443. The Bertz CT molecular complexity index is 1190. The maximum atomic E-state index is 9.86. The summed E-state index contributed by atoms with van der Waals surface area (Å²) in [5, 5.41) is 18.3. The van der Waals surface area contributed by atoms with Crippen LogP contribution in [0.5, 0.6) is 5.75 Å². The average molecular weight is 461 g/mol. The van der Waals surface area contributed by atoms with Crippen LogP contribution >= 0.6 is 0 Å². The molecule has 5 rings (SSSR count). The normalized spacial score (nSPS) is 21.9. The van der Waals surface area contributed by atoms with Gasteiger partial charge in [-0.05, 0) is 79.8 Å². The summed E-state index contributed by atoms with van der Waals surface area (Å²) in [4.78, 5) is 4.76. The number of anilines is 1. The van der Waals surface area contributed by atoms with Crippen molar-refractivity contribution >= 4 is 22.7 Å². The minimum Gasteiger partial charge on any atom is -0.508 e. The van der Waals surface area contributed by atoms with Crippen molar-refractivity contribution in [2.45, 2.75) is 82.7 Å². The number of aromatic hydroxyl groups is 1. The Morgan fingerprint density at radius 3 is 2.74 bits per heavy atom. The molecule has 7 heteroatoms. The van der Waals surface area contributed by atoms with Gasteiger partial charge in [0, 0.05) is 18.3 Å². The highest BCUT2D eigenvalue weighted by Crippen LogP contribution is 2.36. The van der Waals surface area contributed by atoms with Gasteiger partial charge in [0.1, 0.15) is 11.6 Å². The number of nitrogens with two attached hydrogens (primary N) is 2. The number of phenols is 1. The second-order valence-corrected chi connectivity index (χ2v) is 9.95. The number of fused-ring (bicyclic) bond motifs is 1. The van der Waals surface area contributed by atoms with E-state index >= 15 is 0 Å². The molecule has 180 valence electrons. The van der Waals surface area contributed by atoms with Gasteiger partial charge in [-0.3, -0.25) is 0 Å². The van der Waals surface area contributed by atoms with E-state index in [4.69, 9.17) is 21.6 Å². The quantitative estimate of drug-likeness (QED) is 0.306. The first kappa shape index (κ1) is 22.7. The summed E-state index contributed by atoms with van der Waals surface area (Å²) in [6.45, 7) is 2.04. The third-order valence-electron chi connectivity index (χ3n) is 7.52. The fraction of sp³-hybridized carbons (Fsp3) is 0.481. The molecule has 2 fully saturated rings. The summed E-state index contributed by atoms with van der Waals surface area (Å²) in [6, 6.07) is 8.04. The number of aryl methyl sites for hydroxylation is 1. The Labute approximate surface area is 201 Å². The molecule has 0 saturated heterocycles. The van der Waals surface area contributed by atoms with E-state index in [0.717, 1.165) is 53.7 Å². The van der Waals surface area contributed by atoms with Crippen LogP contribution in [0.25, 0.3) is 5.52 Å². The fourth-order valence-electron chi connectivity index (χ4n) is 5.59. The highest BCUT2D eigenvalue weighted by atomic mass is 16.3. The molecule has 2 aliphatic rings. The molecule has 2 aliphatic carbocycles. The van der Waals surface area contributed by atoms with Crippen molar-refractivity contribution in [3.63, 3.8) is 0 Å². The average Bonchev–Trinajstić information content (AvgIpc) is 3.47. The summed E-state index contributed by atoms with van der Waals surface area (Å²) in [7, 11) is 0. The van der Waals surface area contributed by atoms with E-state index < -0.39 is 0 Å². The molecule has 1 aromatic carbocycles. The van der Waals surface area contributed by atoms with Gasteiger partial charge in [-0.1, -0.05) is 26.2 Å². The van der Waals surface area contributed by atoms with Gasteiger partial charge in [0.2, 0.25) is 0 Å². The number of benzene rings is 1. The first-order valence-electron chi connectivity index (χ1n) is 12.7. The van der Waals surface area contributed by atoms with Gasteiger partial charge in [0.25, 0.3) is 0 Å². The summed E-state index contributed by atoms with van der Waals surface area (Å²) in [6.07, 6.45) is 14.2. The number of hydrogen-bond acceptors (Lipinski definition) is 5. The summed E-state index contributed by atoms with van der Waals surface area (Å²) >= 11 is 0. The van der Waals surface area contributed by atoms with Gasteiger partial charge >= 0.3 is 0 Å². The van der Waals surface area contributed by atoms with Crippen LogP contribution in [-0.4, -0.2) is 32.6 Å². The molecule has 0 aliphatic heterocycles. The predicted molar refractivity (Wildman–Crippen MR) is 138 cm³/mol. The highest BCUT2D eigenvalue weighted by Gasteiger charge is 2.25. The van der Waals surface area contributed by atoms with Crippen molar-refractivity contribution < 1.29 is 5.11 Å². The summed E-state index contributed by atoms with van der Waals surface area (Å²) < 4.78 is 1.98. The van der Waals surface area contributed by atoms with Crippen molar-refractivity contribution in [1.29, 1.82) is 0 Å². The molecule has 34 heavy (non-hydrogen) atoms. The zero-order valence-corrected chi connectivity index (χ0v) is 20.0. The van der Waals surface area contributed by atoms with E-state index in [1.54, 1.807) is 12.1 Å². The van der Waals surface area contributed by atoms with E-state index in [1.165, 1.54) is 37.7 Å². The molecule has 0 bridgehead atoms. The van der Waals surface area contributed by atoms with Gasteiger partial charge in [0.15, 0.2) is 0 Å². The molecule has 2 heterocycles. The van der Waals surface area contributed by atoms with Gasteiger partial charge in [-0.25, -0.2) is 9.51 Å². The molecule has 2 saturated carbocycles. The number of phenolic OH excluding ortho intramolecular Hbond substituents is 1. The fourth-order valence-corrected chi connectivity index (χ4v) is 5.59. The summed E-state index contributed by atoms with van der Waals surface area (Å²) in [5.74, 6) is 1.25. The van der Waals surface area contributed by atoms with E-state index in [2.05, 4.69) is 17.6 Å². The van der Waals surface area contributed by atoms with Crippen molar-refractivity contribution in [1.82, 2.24) is 9.61 Å². The molecule has 7 nitrogen and oxygen atoms in total. The maximum Gasteiger partial charge on any atom is 0.135 e. The first-order valence-corrected chi connectivity index (χ1v) is 12.7. The van der Waals surface area contributed by atoms with Crippen molar-refractivity contribution in [3.05, 3.63) is 53.3 Å². The monoisotopic (exact) mass is 460 g/mol. The molecule has 2 aromatic heterocycles. The van der Waals surface area contributed by atoms with Crippen molar-refractivity contribution in [2.75, 3.05) is 5.32 Å². The minimum absolute atomic E-state index is 0.235. The third kappa shape index (κ3) is 4.62. The topological polar surface area (TPSA) is 114 Å². The number of amidine groups is 1. The molecular formula is C27H36N6O. The van der Waals surface area contributed by atoms with Crippen LogP contribution in [0, 0.1) is 0 Å². The Morgan fingerprint density at radius 2 is 2.00 bits per heavy atom. The van der Waals surface area contributed by atoms with Crippen LogP contribution < -0.4 is 16.8 Å². The second-order valence-electron chi connectivity index (χ2n) is 9.95. The first-order chi connectivity index (χ1) is 16.5. The third-order valence-corrected chi connectivity index (χ3v) is 7.52. The predicted octanol–water partition coefficient (Wildman–Crippen LogP) is 4.98. The molecule has 0 radical (unpaired) electrons. The van der Waals surface area contributed by atoms with Gasteiger partial charge in [-0.15, -0.1) is 0 Å². The van der Waals surface area contributed by atoms with Crippen LogP contribution in [-0.2, 0) is 6.42 Å². The molecule has 2 atom stereocenters. The molecule has 6 N–H and O–H groups in total. The van der Waals surface area contributed by atoms with Crippen LogP contribution in [0.2, 0.25) is 0 Å². The van der Waals surface area contributed by atoms with Crippen LogP contribution in [0.15, 0.2) is 41.7 Å². The van der Waals surface area contributed by atoms with E-state index in [1.807, 2.05) is 23.7 Å². The lowest BCUT2D eigenvalue weighted by Gasteiger charge is -2.20. The molecule has 0 spiro atoms. The lowest BCUT2D eigenvalue weighted by Crippen LogP contribution is -2.24. The number of rotatable bonds is 6. The zero-order valence-electron chi connectivity index (χ0n) is 20.0. The van der Waals surface area contributed by atoms with E-state index in [-0.39, 0.29) is 11.8 Å². The summed E-state index contributed by atoms with van der Waals surface area (Å²) in [5.41, 5.74) is 18.7. The van der Waals surface area contributed by atoms with E-state index in [0.29, 0.717) is 17.8 Å². The van der Waals surface area contributed by atoms with Crippen LogP contribution in [0.1, 0.15) is 80.9 Å². The minimum atomic E-state index is 0.235. The molecule has 3 aromatic rings. The number of nitrogens with zero attached hydrogens (tertiary/aromatic N) is 3.